The van der Waals surface area contributed by atoms with E-state index in [0.717, 1.165) is 24.3 Å². The third-order valence-electron chi connectivity index (χ3n) is 2.36. The van der Waals surface area contributed by atoms with E-state index in [1.165, 1.54) is 6.07 Å². The average molecular weight is 271 g/mol. The topological polar surface area (TPSA) is 17.1 Å². The van der Waals surface area contributed by atoms with Crippen LogP contribution in [0.4, 0.5) is 13.2 Å². The van der Waals surface area contributed by atoms with Crippen molar-refractivity contribution in [2.75, 3.05) is 0 Å². The summed E-state index contributed by atoms with van der Waals surface area (Å²) in [6, 6.07) is 5.91. The number of carbonyl (C=O) groups excluding carboxylic acids is 1. The highest BCUT2D eigenvalue weighted by atomic mass is 35.5. The summed E-state index contributed by atoms with van der Waals surface area (Å²) in [4.78, 5) is 11.9. The van der Waals surface area contributed by atoms with Gasteiger partial charge < -0.3 is 0 Å². The van der Waals surface area contributed by atoms with E-state index < -0.39 is 23.2 Å². The average Bonchev–Trinajstić information content (AvgIpc) is 2.32. The molecule has 0 spiro atoms. The Morgan fingerprint density at radius 1 is 0.944 bits per heavy atom. The summed E-state index contributed by atoms with van der Waals surface area (Å²) in [5.74, 6) is -3.11. The molecule has 0 amide bonds. The smallest absolute Gasteiger partial charge is 0.196 e. The first-order valence-corrected chi connectivity index (χ1v) is 5.31. The van der Waals surface area contributed by atoms with Crippen molar-refractivity contribution in [3.63, 3.8) is 0 Å². The largest absolute Gasteiger partial charge is 0.288 e. The molecule has 0 aromatic heterocycles. The van der Waals surface area contributed by atoms with Crippen LogP contribution in [-0.2, 0) is 0 Å². The van der Waals surface area contributed by atoms with Crippen LogP contribution in [0.25, 0.3) is 0 Å². The molecule has 2 aromatic carbocycles. The van der Waals surface area contributed by atoms with Crippen LogP contribution in [0, 0.1) is 17.5 Å². The Morgan fingerprint density at radius 3 is 2.28 bits per heavy atom. The fourth-order valence-electron chi connectivity index (χ4n) is 1.47. The van der Waals surface area contributed by atoms with Gasteiger partial charge in [-0.15, -0.1) is 0 Å². The first kappa shape index (κ1) is 12.6. The second kappa shape index (κ2) is 4.82. The zero-order valence-electron chi connectivity index (χ0n) is 8.88. The first-order chi connectivity index (χ1) is 8.49. The van der Waals surface area contributed by atoms with Crippen LogP contribution in [0.1, 0.15) is 15.9 Å². The highest BCUT2D eigenvalue weighted by molar-refractivity contribution is 6.31. The fourth-order valence-corrected chi connectivity index (χ4v) is 1.65. The van der Waals surface area contributed by atoms with E-state index in [0.29, 0.717) is 6.07 Å². The van der Waals surface area contributed by atoms with E-state index in [9.17, 15) is 18.0 Å². The van der Waals surface area contributed by atoms with Crippen molar-refractivity contribution in [3.05, 3.63) is 70.0 Å². The summed E-state index contributed by atoms with van der Waals surface area (Å²) in [5, 5.41) is -0.233. The number of hydrogen-bond acceptors (Lipinski definition) is 1. The minimum Gasteiger partial charge on any atom is -0.288 e. The maximum atomic E-state index is 13.4. The summed E-state index contributed by atoms with van der Waals surface area (Å²) in [6.07, 6.45) is 0. The number of hydrogen-bond donors (Lipinski definition) is 0. The number of ketones is 1. The van der Waals surface area contributed by atoms with Gasteiger partial charge in [-0.05, 0) is 30.3 Å². The van der Waals surface area contributed by atoms with Crippen molar-refractivity contribution in [2.24, 2.45) is 0 Å². The molecular weight excluding hydrogens is 265 g/mol. The van der Waals surface area contributed by atoms with Gasteiger partial charge >= 0.3 is 0 Å². The quantitative estimate of drug-likeness (QED) is 0.754. The Morgan fingerprint density at radius 2 is 1.67 bits per heavy atom. The lowest BCUT2D eigenvalue weighted by molar-refractivity contribution is 0.103. The molecule has 1 nitrogen and oxygen atoms in total. The third kappa shape index (κ3) is 2.38. The van der Waals surface area contributed by atoms with Crippen LogP contribution >= 0.6 is 11.6 Å². The monoisotopic (exact) mass is 270 g/mol. The van der Waals surface area contributed by atoms with Crippen molar-refractivity contribution < 1.29 is 18.0 Å². The van der Waals surface area contributed by atoms with Gasteiger partial charge in [-0.2, -0.15) is 0 Å². The standard InChI is InChI=1S/C13H6ClF3O/c14-10-5-7(1-4-11(10)16)13(18)9-3-2-8(15)6-12(9)17/h1-6H. The zero-order valence-corrected chi connectivity index (χ0v) is 9.64. The fraction of sp³-hybridized carbons (Fsp3) is 0. The van der Waals surface area contributed by atoms with Gasteiger partial charge in [0.15, 0.2) is 5.78 Å². The summed E-state index contributed by atoms with van der Waals surface area (Å²) in [6.45, 7) is 0. The van der Waals surface area contributed by atoms with Gasteiger partial charge in [-0.1, -0.05) is 11.6 Å². The predicted octanol–water partition coefficient (Wildman–Crippen LogP) is 3.99. The minimum absolute atomic E-state index is 0.0342. The lowest BCUT2D eigenvalue weighted by atomic mass is 10.0. The van der Waals surface area contributed by atoms with Crippen molar-refractivity contribution in [2.45, 2.75) is 0 Å². The Bertz CT molecular complexity index is 626. The molecule has 5 heteroatoms. The third-order valence-corrected chi connectivity index (χ3v) is 2.65. The molecule has 2 rings (SSSR count). The summed E-state index contributed by atoms with van der Waals surface area (Å²) in [5.41, 5.74) is -0.258. The van der Waals surface area contributed by atoms with Crippen LogP contribution in [0.5, 0.6) is 0 Å². The summed E-state index contributed by atoms with van der Waals surface area (Å²) in [7, 11) is 0. The van der Waals surface area contributed by atoms with E-state index >= 15 is 0 Å². The van der Waals surface area contributed by atoms with Gasteiger partial charge in [0.25, 0.3) is 0 Å². The molecule has 18 heavy (non-hydrogen) atoms. The van der Waals surface area contributed by atoms with Crippen molar-refractivity contribution in [1.82, 2.24) is 0 Å². The van der Waals surface area contributed by atoms with Crippen molar-refractivity contribution in [1.29, 1.82) is 0 Å². The van der Waals surface area contributed by atoms with Crippen LogP contribution in [0.15, 0.2) is 36.4 Å². The van der Waals surface area contributed by atoms with E-state index in [1.807, 2.05) is 0 Å². The molecule has 0 heterocycles. The van der Waals surface area contributed by atoms with Gasteiger partial charge in [-0.3, -0.25) is 4.79 Å². The van der Waals surface area contributed by atoms with Gasteiger partial charge in [0.05, 0.1) is 10.6 Å². The number of benzene rings is 2. The Kier molecular flexibility index (Phi) is 3.39. The molecule has 0 saturated heterocycles. The maximum absolute atomic E-state index is 13.4. The van der Waals surface area contributed by atoms with E-state index in [4.69, 9.17) is 11.6 Å². The highest BCUT2D eigenvalue weighted by Gasteiger charge is 2.15. The summed E-state index contributed by atoms with van der Waals surface area (Å²) >= 11 is 5.53. The second-order valence-electron chi connectivity index (χ2n) is 3.58. The molecule has 0 saturated carbocycles. The Labute approximate surface area is 106 Å². The lowest BCUT2D eigenvalue weighted by Gasteiger charge is -2.04. The predicted molar refractivity (Wildman–Crippen MR) is 61.2 cm³/mol. The van der Waals surface area contributed by atoms with Gasteiger partial charge in [0.1, 0.15) is 17.5 Å². The zero-order chi connectivity index (χ0) is 13.3. The molecule has 0 unspecified atom stereocenters. The van der Waals surface area contributed by atoms with E-state index in [2.05, 4.69) is 0 Å². The van der Waals surface area contributed by atoms with E-state index in [1.54, 1.807) is 0 Å². The number of halogens is 4. The van der Waals surface area contributed by atoms with Crippen LogP contribution in [-0.4, -0.2) is 5.78 Å². The Hall–Kier alpha value is -1.81. The molecule has 0 aliphatic rings. The van der Waals surface area contributed by atoms with Crippen molar-refractivity contribution >= 4 is 17.4 Å². The van der Waals surface area contributed by atoms with Gasteiger partial charge in [0, 0.05) is 11.6 Å². The lowest BCUT2D eigenvalue weighted by Crippen LogP contribution is -2.05. The molecule has 0 fully saturated rings. The number of rotatable bonds is 2. The molecule has 0 aliphatic heterocycles. The molecule has 0 aliphatic carbocycles. The SMILES string of the molecule is O=C(c1ccc(F)c(Cl)c1)c1ccc(F)cc1F. The molecule has 2 aromatic rings. The van der Waals surface area contributed by atoms with Crippen LogP contribution < -0.4 is 0 Å². The number of carbonyl (C=O) groups is 1. The first-order valence-electron chi connectivity index (χ1n) is 4.94. The molecule has 0 N–H and O–H groups in total. The van der Waals surface area contributed by atoms with E-state index in [-0.39, 0.29) is 16.1 Å². The molecular formula is C13H6ClF3O. The van der Waals surface area contributed by atoms with Crippen LogP contribution in [0.2, 0.25) is 5.02 Å². The van der Waals surface area contributed by atoms with Crippen LogP contribution in [0.3, 0.4) is 0 Å². The maximum Gasteiger partial charge on any atom is 0.196 e. The van der Waals surface area contributed by atoms with Gasteiger partial charge in [0.2, 0.25) is 0 Å². The summed E-state index contributed by atoms with van der Waals surface area (Å²) < 4.78 is 39.0. The highest BCUT2D eigenvalue weighted by Crippen LogP contribution is 2.20. The molecule has 92 valence electrons. The van der Waals surface area contributed by atoms with Crippen molar-refractivity contribution in [3.8, 4) is 0 Å². The van der Waals surface area contributed by atoms with Gasteiger partial charge in [-0.25, -0.2) is 13.2 Å². The second-order valence-corrected chi connectivity index (χ2v) is 3.99. The molecule has 0 radical (unpaired) electrons. The molecule has 0 atom stereocenters. The Balaban J connectivity index is 2.44. The normalized spacial score (nSPS) is 10.4. The minimum atomic E-state index is -0.972. The molecule has 0 bridgehead atoms.